The fourth-order valence-corrected chi connectivity index (χ4v) is 4.00. The molecule has 0 amide bonds. The summed E-state index contributed by atoms with van der Waals surface area (Å²) in [5.74, 6) is -1.36. The van der Waals surface area contributed by atoms with E-state index in [9.17, 15) is 13.2 Å². The molecule has 0 saturated carbocycles. The summed E-state index contributed by atoms with van der Waals surface area (Å²) in [6.07, 6.45) is 0. The van der Waals surface area contributed by atoms with Crippen LogP contribution in [0.2, 0.25) is 0 Å². The van der Waals surface area contributed by atoms with Gasteiger partial charge < -0.3 is 9.52 Å². The molecule has 0 atom stereocenters. The average molecular weight is 327 g/mol. The Morgan fingerprint density at radius 2 is 2.00 bits per heavy atom. The van der Waals surface area contributed by atoms with Crippen LogP contribution >= 0.6 is 11.8 Å². The second-order valence-electron chi connectivity index (χ2n) is 3.97. The summed E-state index contributed by atoms with van der Waals surface area (Å²) in [5.41, 5.74) is 0. The molecule has 21 heavy (non-hydrogen) atoms. The number of aromatic carboxylic acids is 1. The van der Waals surface area contributed by atoms with E-state index < -0.39 is 16.0 Å². The Morgan fingerprint density at radius 3 is 2.62 bits per heavy atom. The minimum atomic E-state index is -3.60. The molecule has 0 saturated heterocycles. The molecule has 2 N–H and O–H groups in total. The van der Waals surface area contributed by atoms with Crippen LogP contribution in [0, 0.1) is 0 Å². The van der Waals surface area contributed by atoms with Crippen molar-refractivity contribution in [2.45, 2.75) is 21.8 Å². The van der Waals surface area contributed by atoms with Crippen molar-refractivity contribution in [2.75, 3.05) is 6.54 Å². The van der Waals surface area contributed by atoms with Gasteiger partial charge in [-0.2, -0.15) is 0 Å². The van der Waals surface area contributed by atoms with Gasteiger partial charge in [0, 0.05) is 11.4 Å². The second kappa shape index (κ2) is 6.33. The topological polar surface area (TPSA) is 96.6 Å². The van der Waals surface area contributed by atoms with Gasteiger partial charge in [0.2, 0.25) is 15.8 Å². The summed E-state index contributed by atoms with van der Waals surface area (Å²) in [5, 5.41) is 9.12. The number of nitrogens with one attached hydrogen (secondary N) is 1. The third kappa shape index (κ3) is 3.66. The van der Waals surface area contributed by atoms with Crippen molar-refractivity contribution in [3.63, 3.8) is 0 Å². The fraction of sp³-hybridized carbons (Fsp3) is 0.154. The summed E-state index contributed by atoms with van der Waals surface area (Å²) >= 11 is 1.06. The van der Waals surface area contributed by atoms with E-state index in [2.05, 4.69) is 4.72 Å². The molecule has 0 aliphatic carbocycles. The van der Waals surface area contributed by atoms with E-state index in [4.69, 9.17) is 9.52 Å². The van der Waals surface area contributed by atoms with Crippen LogP contribution in [0.3, 0.4) is 0 Å². The highest BCUT2D eigenvalue weighted by Crippen LogP contribution is 2.33. The third-order valence-corrected chi connectivity index (χ3v) is 5.21. The first kappa shape index (κ1) is 15.6. The Morgan fingerprint density at radius 1 is 1.29 bits per heavy atom. The van der Waals surface area contributed by atoms with Crippen molar-refractivity contribution in [1.82, 2.24) is 4.72 Å². The summed E-state index contributed by atoms with van der Waals surface area (Å²) in [6, 6.07) is 9.27. The van der Waals surface area contributed by atoms with Crippen molar-refractivity contribution >= 4 is 27.8 Å². The number of hydrogen-bond acceptors (Lipinski definition) is 5. The zero-order chi connectivity index (χ0) is 15.5. The number of benzene rings is 1. The molecule has 1 heterocycles. The van der Waals surface area contributed by atoms with Gasteiger partial charge in [-0.3, -0.25) is 0 Å². The molecule has 0 aliphatic heterocycles. The van der Waals surface area contributed by atoms with E-state index in [0.717, 1.165) is 11.8 Å². The van der Waals surface area contributed by atoms with E-state index in [1.807, 2.05) is 0 Å². The van der Waals surface area contributed by atoms with Crippen molar-refractivity contribution in [3.8, 4) is 0 Å². The Bertz CT molecular complexity index is 751. The second-order valence-corrected chi connectivity index (χ2v) is 6.76. The van der Waals surface area contributed by atoms with Gasteiger partial charge in [-0.05, 0) is 24.3 Å². The highest BCUT2D eigenvalue weighted by Gasteiger charge is 2.19. The van der Waals surface area contributed by atoms with Gasteiger partial charge in [0.15, 0.2) is 5.09 Å². The number of sulfonamides is 1. The SMILES string of the molecule is CCNS(=O)(=O)c1ccccc1Sc1ccc(C(=O)O)o1. The number of hydrogen-bond donors (Lipinski definition) is 2. The normalized spacial score (nSPS) is 11.5. The van der Waals surface area contributed by atoms with E-state index >= 15 is 0 Å². The predicted molar refractivity (Wildman–Crippen MR) is 77.1 cm³/mol. The molecule has 8 heteroatoms. The van der Waals surface area contributed by atoms with Crippen LogP contribution in [0.4, 0.5) is 0 Å². The zero-order valence-corrected chi connectivity index (χ0v) is 12.7. The maximum absolute atomic E-state index is 12.1. The van der Waals surface area contributed by atoms with Crippen molar-refractivity contribution in [3.05, 3.63) is 42.2 Å². The number of carboxylic acid groups (broad SMARTS) is 1. The van der Waals surface area contributed by atoms with Crippen molar-refractivity contribution < 1.29 is 22.7 Å². The summed E-state index contributed by atoms with van der Waals surface area (Å²) in [4.78, 5) is 11.4. The molecule has 6 nitrogen and oxygen atoms in total. The van der Waals surface area contributed by atoms with E-state index in [0.29, 0.717) is 9.99 Å². The Kier molecular flexibility index (Phi) is 4.71. The van der Waals surface area contributed by atoms with Crippen molar-refractivity contribution in [2.24, 2.45) is 0 Å². The minimum Gasteiger partial charge on any atom is -0.475 e. The molecule has 0 radical (unpaired) electrons. The van der Waals surface area contributed by atoms with Gasteiger partial charge in [0.25, 0.3) is 0 Å². The molecule has 0 bridgehead atoms. The minimum absolute atomic E-state index is 0.130. The highest BCUT2D eigenvalue weighted by atomic mass is 32.2. The fourth-order valence-electron chi connectivity index (χ4n) is 1.62. The van der Waals surface area contributed by atoms with Gasteiger partial charge >= 0.3 is 5.97 Å². The lowest BCUT2D eigenvalue weighted by Gasteiger charge is -2.08. The van der Waals surface area contributed by atoms with Crippen LogP contribution < -0.4 is 4.72 Å². The van der Waals surface area contributed by atoms with Gasteiger partial charge in [-0.1, -0.05) is 30.8 Å². The van der Waals surface area contributed by atoms with Gasteiger partial charge in [0.1, 0.15) is 0 Å². The smallest absolute Gasteiger partial charge is 0.371 e. The van der Waals surface area contributed by atoms with Gasteiger partial charge in [0.05, 0.1) is 4.90 Å². The van der Waals surface area contributed by atoms with Crippen LogP contribution in [0.1, 0.15) is 17.5 Å². The summed E-state index contributed by atoms with van der Waals surface area (Å²) < 4.78 is 31.8. The predicted octanol–water partition coefficient (Wildman–Crippen LogP) is 2.43. The molecule has 1 aromatic carbocycles. The molecule has 2 aromatic rings. The largest absolute Gasteiger partial charge is 0.475 e. The first-order valence-electron chi connectivity index (χ1n) is 6.03. The maximum atomic E-state index is 12.1. The molecule has 0 unspecified atom stereocenters. The lowest BCUT2D eigenvalue weighted by Crippen LogP contribution is -2.23. The number of furan rings is 1. The highest BCUT2D eigenvalue weighted by molar-refractivity contribution is 8.00. The number of rotatable bonds is 6. The standard InChI is InChI=1S/C13H13NO5S2/c1-2-14-21(17,18)11-6-4-3-5-10(11)20-12-8-7-9(19-12)13(15)16/h3-8,14H,2H2,1H3,(H,15,16). The van der Waals surface area contributed by atoms with Crippen molar-refractivity contribution in [1.29, 1.82) is 0 Å². The maximum Gasteiger partial charge on any atom is 0.371 e. The Hall–Kier alpha value is -1.77. The van der Waals surface area contributed by atoms with Gasteiger partial charge in [-0.15, -0.1) is 0 Å². The van der Waals surface area contributed by atoms with E-state index in [-0.39, 0.29) is 17.2 Å². The number of carboxylic acids is 1. The van der Waals surface area contributed by atoms with E-state index in [1.54, 1.807) is 25.1 Å². The molecule has 112 valence electrons. The van der Waals surface area contributed by atoms with Crippen LogP contribution in [-0.2, 0) is 10.0 Å². The molecular formula is C13H13NO5S2. The van der Waals surface area contributed by atoms with Crippen LogP contribution in [0.15, 0.2) is 55.7 Å². The average Bonchev–Trinajstić information content (AvgIpc) is 2.88. The Balaban J connectivity index is 2.34. The van der Waals surface area contributed by atoms with Crippen LogP contribution in [-0.4, -0.2) is 26.0 Å². The molecular weight excluding hydrogens is 314 g/mol. The van der Waals surface area contributed by atoms with Crippen LogP contribution in [0.25, 0.3) is 0 Å². The molecule has 2 rings (SSSR count). The monoisotopic (exact) mass is 327 g/mol. The quantitative estimate of drug-likeness (QED) is 0.846. The lowest BCUT2D eigenvalue weighted by atomic mass is 10.4. The lowest BCUT2D eigenvalue weighted by molar-refractivity contribution is 0.0656. The number of carbonyl (C=O) groups is 1. The summed E-state index contributed by atoms with van der Waals surface area (Å²) in [7, 11) is -3.60. The third-order valence-electron chi connectivity index (χ3n) is 2.48. The van der Waals surface area contributed by atoms with Crippen LogP contribution in [0.5, 0.6) is 0 Å². The Labute approximate surface area is 126 Å². The molecule has 0 fully saturated rings. The van der Waals surface area contributed by atoms with Gasteiger partial charge in [-0.25, -0.2) is 17.9 Å². The molecule has 0 spiro atoms. The van der Waals surface area contributed by atoms with E-state index in [1.165, 1.54) is 18.2 Å². The first-order valence-corrected chi connectivity index (χ1v) is 8.33. The summed E-state index contributed by atoms with van der Waals surface area (Å²) in [6.45, 7) is 1.98. The first-order chi connectivity index (χ1) is 9.94. The zero-order valence-electron chi connectivity index (χ0n) is 11.1. The molecule has 0 aliphatic rings. The molecule has 1 aromatic heterocycles.